The first-order chi connectivity index (χ1) is 13.2. The summed E-state index contributed by atoms with van der Waals surface area (Å²) >= 11 is 0. The number of hydrogen-bond acceptors (Lipinski definition) is 4. The third-order valence-electron chi connectivity index (χ3n) is 4.58. The summed E-state index contributed by atoms with van der Waals surface area (Å²) in [5, 5.41) is 0. The normalized spacial score (nSPS) is 13.7. The van der Waals surface area contributed by atoms with Crippen LogP contribution in [0.3, 0.4) is 0 Å². The maximum atomic E-state index is 5.61. The van der Waals surface area contributed by atoms with Crippen LogP contribution in [-0.4, -0.2) is 28.4 Å². The van der Waals surface area contributed by atoms with E-state index in [0.29, 0.717) is 17.2 Å². The van der Waals surface area contributed by atoms with Gasteiger partial charge in [-0.3, -0.25) is 0 Å². The van der Waals surface area contributed by atoms with Crippen molar-refractivity contribution in [3.8, 4) is 23.0 Å². The lowest BCUT2D eigenvalue weighted by Gasteiger charge is -2.17. The molecule has 1 aliphatic carbocycles. The van der Waals surface area contributed by atoms with Gasteiger partial charge >= 0.3 is 0 Å². The Balaban J connectivity index is 2.15. The zero-order valence-corrected chi connectivity index (χ0v) is 16.1. The molecule has 0 bridgehead atoms. The minimum absolute atomic E-state index is 0.176. The Morgan fingerprint density at radius 1 is 0.741 bits per heavy atom. The second kappa shape index (κ2) is 8.49. The Kier molecular flexibility index (Phi) is 5.87. The van der Waals surface area contributed by atoms with Crippen molar-refractivity contribution >= 4 is 11.6 Å². The van der Waals surface area contributed by atoms with Crippen LogP contribution in [0.4, 0.5) is 0 Å². The van der Waals surface area contributed by atoms with Crippen LogP contribution in [0.2, 0.25) is 0 Å². The number of benzene rings is 2. The first-order valence-electron chi connectivity index (χ1n) is 8.71. The van der Waals surface area contributed by atoms with E-state index < -0.39 is 0 Å². The Morgan fingerprint density at radius 3 is 1.78 bits per heavy atom. The van der Waals surface area contributed by atoms with E-state index in [9.17, 15) is 0 Å². The van der Waals surface area contributed by atoms with Gasteiger partial charge in [0, 0.05) is 18.1 Å². The Labute approximate surface area is 160 Å². The van der Waals surface area contributed by atoms with Gasteiger partial charge in [0.15, 0.2) is 0 Å². The summed E-state index contributed by atoms with van der Waals surface area (Å²) in [6.45, 7) is 0. The molecule has 3 rings (SSSR count). The largest absolute Gasteiger partial charge is 0.497 e. The van der Waals surface area contributed by atoms with Gasteiger partial charge in [0.25, 0.3) is 0 Å². The van der Waals surface area contributed by atoms with Gasteiger partial charge < -0.3 is 18.9 Å². The summed E-state index contributed by atoms with van der Waals surface area (Å²) in [5.41, 5.74) is 3.13. The molecule has 0 atom stereocenters. The fraction of sp³-hybridized carbons (Fsp3) is 0.217. The quantitative estimate of drug-likeness (QED) is 0.648. The van der Waals surface area contributed by atoms with Crippen molar-refractivity contribution in [2.24, 2.45) is 5.92 Å². The summed E-state index contributed by atoms with van der Waals surface area (Å²) in [4.78, 5) is 0. The lowest BCUT2D eigenvalue weighted by molar-refractivity contribution is 0.374. The standard InChI is InChI=1S/C23H24O4/c1-24-18-11-9-17(10-12-18)20(16-7-5-6-8-16)15-21-22(26-3)13-19(25-2)14-23(21)27-4/h5-16H,1-4H3/b20-15+. The molecule has 0 spiro atoms. The van der Waals surface area contributed by atoms with E-state index in [4.69, 9.17) is 18.9 Å². The molecule has 0 fully saturated rings. The van der Waals surface area contributed by atoms with Crippen LogP contribution in [0.25, 0.3) is 11.6 Å². The first kappa shape index (κ1) is 18.6. The van der Waals surface area contributed by atoms with Crippen LogP contribution in [0.1, 0.15) is 11.1 Å². The average molecular weight is 364 g/mol. The highest BCUT2D eigenvalue weighted by Crippen LogP contribution is 2.39. The maximum Gasteiger partial charge on any atom is 0.133 e. The van der Waals surface area contributed by atoms with Gasteiger partial charge in [0.1, 0.15) is 23.0 Å². The molecule has 0 aromatic heterocycles. The zero-order valence-electron chi connectivity index (χ0n) is 16.1. The number of ether oxygens (including phenoxy) is 4. The molecule has 0 unspecified atom stereocenters. The highest BCUT2D eigenvalue weighted by Gasteiger charge is 2.17. The minimum atomic E-state index is 0.176. The fourth-order valence-corrected chi connectivity index (χ4v) is 3.13. The zero-order chi connectivity index (χ0) is 19.2. The van der Waals surface area contributed by atoms with E-state index in [1.54, 1.807) is 28.4 Å². The molecule has 0 aliphatic heterocycles. The van der Waals surface area contributed by atoms with Crippen LogP contribution in [0.5, 0.6) is 23.0 Å². The monoisotopic (exact) mass is 364 g/mol. The van der Waals surface area contributed by atoms with E-state index in [-0.39, 0.29) is 5.92 Å². The van der Waals surface area contributed by atoms with Crippen LogP contribution in [0, 0.1) is 5.92 Å². The van der Waals surface area contributed by atoms with E-state index in [1.807, 2.05) is 24.3 Å². The van der Waals surface area contributed by atoms with Gasteiger partial charge in [-0.05, 0) is 29.3 Å². The SMILES string of the molecule is COc1ccc(/C(=C/c2c(OC)cc(OC)cc2OC)C2C=CC=C2)cc1. The second-order valence-electron chi connectivity index (χ2n) is 6.07. The minimum Gasteiger partial charge on any atom is -0.497 e. The van der Waals surface area contributed by atoms with Gasteiger partial charge in [-0.1, -0.05) is 36.4 Å². The predicted molar refractivity (Wildman–Crippen MR) is 109 cm³/mol. The third-order valence-corrected chi connectivity index (χ3v) is 4.58. The highest BCUT2D eigenvalue weighted by atomic mass is 16.5. The molecule has 0 amide bonds. The van der Waals surface area contributed by atoms with E-state index in [1.165, 1.54) is 0 Å². The summed E-state index contributed by atoms with van der Waals surface area (Å²) in [6, 6.07) is 11.8. The summed E-state index contributed by atoms with van der Waals surface area (Å²) in [5.74, 6) is 3.09. The molecule has 4 nitrogen and oxygen atoms in total. The average Bonchev–Trinajstić information content (AvgIpc) is 3.26. The molecule has 140 valence electrons. The van der Waals surface area contributed by atoms with Crippen molar-refractivity contribution < 1.29 is 18.9 Å². The van der Waals surface area contributed by atoms with E-state index >= 15 is 0 Å². The molecule has 0 radical (unpaired) electrons. The third kappa shape index (κ3) is 4.00. The number of rotatable bonds is 7. The van der Waals surface area contributed by atoms with Crippen molar-refractivity contribution in [2.75, 3.05) is 28.4 Å². The molecule has 2 aromatic rings. The molecule has 0 saturated heterocycles. The van der Waals surface area contributed by atoms with Gasteiger partial charge in [-0.2, -0.15) is 0 Å². The first-order valence-corrected chi connectivity index (χ1v) is 8.71. The van der Waals surface area contributed by atoms with Gasteiger partial charge in [0.05, 0.1) is 34.0 Å². The smallest absolute Gasteiger partial charge is 0.133 e. The van der Waals surface area contributed by atoms with Crippen LogP contribution < -0.4 is 18.9 Å². The van der Waals surface area contributed by atoms with Crippen LogP contribution >= 0.6 is 0 Å². The number of methoxy groups -OCH3 is 4. The number of allylic oxidation sites excluding steroid dienone is 5. The lowest BCUT2D eigenvalue weighted by atomic mass is 9.91. The van der Waals surface area contributed by atoms with Crippen molar-refractivity contribution in [2.45, 2.75) is 0 Å². The van der Waals surface area contributed by atoms with Gasteiger partial charge in [-0.25, -0.2) is 0 Å². The molecule has 0 saturated carbocycles. The van der Waals surface area contributed by atoms with Crippen molar-refractivity contribution in [3.05, 3.63) is 71.8 Å². The molecule has 1 aliphatic rings. The molecular weight excluding hydrogens is 340 g/mol. The van der Waals surface area contributed by atoms with Crippen molar-refractivity contribution in [3.63, 3.8) is 0 Å². The molecular formula is C23H24O4. The molecule has 4 heteroatoms. The van der Waals surface area contributed by atoms with E-state index in [0.717, 1.165) is 22.4 Å². The summed E-state index contributed by atoms with van der Waals surface area (Å²) in [6.07, 6.45) is 10.6. The fourth-order valence-electron chi connectivity index (χ4n) is 3.13. The Morgan fingerprint density at radius 2 is 1.30 bits per heavy atom. The second-order valence-corrected chi connectivity index (χ2v) is 6.07. The molecule has 0 N–H and O–H groups in total. The Bertz CT molecular complexity index is 839. The number of hydrogen-bond donors (Lipinski definition) is 0. The predicted octanol–water partition coefficient (Wildman–Crippen LogP) is 5.00. The highest BCUT2D eigenvalue weighted by molar-refractivity contribution is 5.88. The van der Waals surface area contributed by atoms with Crippen LogP contribution in [-0.2, 0) is 0 Å². The van der Waals surface area contributed by atoms with Crippen molar-refractivity contribution in [1.82, 2.24) is 0 Å². The van der Waals surface area contributed by atoms with E-state index in [2.05, 4.69) is 42.5 Å². The Hall–Kier alpha value is -3.14. The lowest BCUT2D eigenvalue weighted by Crippen LogP contribution is -1.99. The van der Waals surface area contributed by atoms with Crippen molar-refractivity contribution in [1.29, 1.82) is 0 Å². The van der Waals surface area contributed by atoms with Gasteiger partial charge in [-0.15, -0.1) is 0 Å². The molecule has 27 heavy (non-hydrogen) atoms. The summed E-state index contributed by atoms with van der Waals surface area (Å²) < 4.78 is 21.9. The van der Waals surface area contributed by atoms with Crippen LogP contribution in [0.15, 0.2) is 60.7 Å². The molecule has 2 aromatic carbocycles. The summed E-state index contributed by atoms with van der Waals surface area (Å²) in [7, 11) is 6.59. The maximum absolute atomic E-state index is 5.61. The van der Waals surface area contributed by atoms with Gasteiger partial charge in [0.2, 0.25) is 0 Å². The molecule has 0 heterocycles. The topological polar surface area (TPSA) is 36.9 Å².